The van der Waals surface area contributed by atoms with Crippen LogP contribution in [0.15, 0.2) is 42.5 Å². The van der Waals surface area contributed by atoms with E-state index in [0.29, 0.717) is 30.1 Å². The molecular weight excluding hydrogens is 494 g/mol. The highest BCUT2D eigenvalue weighted by atomic mass is 16.5. The Morgan fingerprint density at radius 3 is 2.56 bits per heavy atom. The molecule has 0 bridgehead atoms. The summed E-state index contributed by atoms with van der Waals surface area (Å²) in [5.74, 6) is 1.19. The number of rotatable bonds is 9. The fraction of sp³-hybridized carbons (Fsp3) is 0.548. The average molecular weight is 538 g/mol. The topological polar surface area (TPSA) is 91.3 Å². The maximum Gasteiger partial charge on any atom is 0.258 e. The molecule has 2 N–H and O–H groups in total. The van der Waals surface area contributed by atoms with Crippen LogP contribution >= 0.6 is 0 Å². The van der Waals surface area contributed by atoms with Crippen LogP contribution in [-0.4, -0.2) is 72.7 Å². The van der Waals surface area contributed by atoms with Crippen LogP contribution in [0.25, 0.3) is 0 Å². The second-order valence-electron chi connectivity index (χ2n) is 11.2. The van der Waals surface area contributed by atoms with E-state index in [0.717, 1.165) is 38.0 Å². The first kappa shape index (κ1) is 28.9. The third-order valence-corrected chi connectivity index (χ3v) is 8.01. The molecule has 2 aromatic carbocycles. The molecule has 3 atom stereocenters. The fourth-order valence-corrected chi connectivity index (χ4v) is 5.54. The van der Waals surface area contributed by atoms with E-state index in [2.05, 4.69) is 36.3 Å². The minimum atomic E-state index is -0.343. The van der Waals surface area contributed by atoms with Gasteiger partial charge in [0.1, 0.15) is 17.6 Å². The monoisotopic (exact) mass is 537 g/mol. The zero-order valence-electron chi connectivity index (χ0n) is 23.7. The Labute approximate surface area is 232 Å². The molecule has 1 fully saturated rings. The lowest BCUT2D eigenvalue weighted by atomic mass is 9.88. The van der Waals surface area contributed by atoms with Gasteiger partial charge in [0.15, 0.2) is 0 Å². The van der Waals surface area contributed by atoms with Crippen LogP contribution in [0.3, 0.4) is 0 Å². The standard InChI is InChI=1S/C31H43N3O5/c1-21-17-34(22(2)20-35)31(37)27-16-25(32-30(36)24-8-6-5-7-9-24)12-15-28(27)39-29(21)19-33(3)18-23-10-13-26(38-4)14-11-23/h10-16,21-22,24,29,35H,5-9,17-20H2,1-4H3,(H,32,36)/t21-,22+,29+/m1/s1. The fourth-order valence-electron chi connectivity index (χ4n) is 5.54. The van der Waals surface area contributed by atoms with Crippen molar-refractivity contribution in [3.05, 3.63) is 53.6 Å². The zero-order chi connectivity index (χ0) is 27.9. The summed E-state index contributed by atoms with van der Waals surface area (Å²) in [6, 6.07) is 13.0. The molecule has 212 valence electrons. The largest absolute Gasteiger partial charge is 0.497 e. The third kappa shape index (κ3) is 7.31. The van der Waals surface area contributed by atoms with E-state index in [4.69, 9.17) is 9.47 Å². The number of hydrogen-bond acceptors (Lipinski definition) is 6. The highest BCUT2D eigenvalue weighted by molar-refractivity contribution is 6.00. The van der Waals surface area contributed by atoms with Gasteiger partial charge in [-0.1, -0.05) is 38.3 Å². The summed E-state index contributed by atoms with van der Waals surface area (Å²) in [7, 11) is 3.72. The Bertz CT molecular complexity index is 1120. The second-order valence-corrected chi connectivity index (χ2v) is 11.2. The van der Waals surface area contributed by atoms with Gasteiger partial charge in [0.25, 0.3) is 5.91 Å². The zero-order valence-corrected chi connectivity index (χ0v) is 23.7. The van der Waals surface area contributed by atoms with Gasteiger partial charge in [-0.25, -0.2) is 0 Å². The number of likely N-dealkylation sites (N-methyl/N-ethyl adjacent to an activating group) is 1. The van der Waals surface area contributed by atoms with Gasteiger partial charge in [-0.2, -0.15) is 0 Å². The number of methoxy groups -OCH3 is 1. The van der Waals surface area contributed by atoms with Crippen LogP contribution in [0.1, 0.15) is 61.9 Å². The molecule has 0 saturated heterocycles. The predicted octanol–water partition coefficient (Wildman–Crippen LogP) is 4.57. The van der Waals surface area contributed by atoms with E-state index < -0.39 is 0 Å². The number of carbonyl (C=O) groups is 2. The lowest BCUT2D eigenvalue weighted by Crippen LogP contribution is -2.49. The first-order valence-electron chi connectivity index (χ1n) is 14.1. The van der Waals surface area contributed by atoms with Crippen LogP contribution in [0, 0.1) is 11.8 Å². The van der Waals surface area contributed by atoms with Crippen LogP contribution in [0.2, 0.25) is 0 Å². The van der Waals surface area contributed by atoms with Crippen molar-refractivity contribution >= 4 is 17.5 Å². The number of benzene rings is 2. The predicted molar refractivity (Wildman–Crippen MR) is 152 cm³/mol. The summed E-state index contributed by atoms with van der Waals surface area (Å²) < 4.78 is 11.8. The van der Waals surface area contributed by atoms with Gasteiger partial charge >= 0.3 is 0 Å². The smallest absolute Gasteiger partial charge is 0.258 e. The molecule has 2 aromatic rings. The Hall–Kier alpha value is -3.10. The second kappa shape index (κ2) is 13.3. The summed E-state index contributed by atoms with van der Waals surface area (Å²) in [4.78, 5) is 30.5. The summed E-state index contributed by atoms with van der Waals surface area (Å²) in [5.41, 5.74) is 2.17. The first-order chi connectivity index (χ1) is 18.8. The number of carbonyl (C=O) groups excluding carboxylic acids is 2. The van der Waals surface area contributed by atoms with Gasteiger partial charge in [0.2, 0.25) is 5.91 Å². The Morgan fingerprint density at radius 1 is 1.18 bits per heavy atom. The number of aliphatic hydroxyl groups excluding tert-OH is 1. The molecular formula is C31H43N3O5. The van der Waals surface area contributed by atoms with Gasteiger partial charge in [-0.15, -0.1) is 0 Å². The van der Waals surface area contributed by atoms with Gasteiger partial charge < -0.3 is 24.8 Å². The highest BCUT2D eigenvalue weighted by Gasteiger charge is 2.34. The van der Waals surface area contributed by atoms with Gasteiger partial charge in [-0.3, -0.25) is 14.5 Å². The van der Waals surface area contributed by atoms with Crippen molar-refractivity contribution in [2.75, 3.05) is 39.2 Å². The molecule has 0 unspecified atom stereocenters. The summed E-state index contributed by atoms with van der Waals surface area (Å²) in [5, 5.41) is 13.0. The molecule has 4 rings (SSSR count). The molecule has 8 nitrogen and oxygen atoms in total. The molecule has 2 amide bonds. The van der Waals surface area contributed by atoms with E-state index >= 15 is 0 Å². The Kier molecular flexibility index (Phi) is 9.86. The van der Waals surface area contributed by atoms with Crippen molar-refractivity contribution in [2.24, 2.45) is 11.8 Å². The van der Waals surface area contributed by atoms with E-state index in [1.807, 2.05) is 25.1 Å². The van der Waals surface area contributed by atoms with Crippen molar-refractivity contribution < 1.29 is 24.2 Å². The summed E-state index contributed by atoms with van der Waals surface area (Å²) in [6.45, 7) is 5.66. The van der Waals surface area contributed by atoms with Crippen LogP contribution in [-0.2, 0) is 11.3 Å². The Balaban J connectivity index is 1.55. The molecule has 1 saturated carbocycles. The maximum absolute atomic E-state index is 13.7. The molecule has 2 aliphatic rings. The SMILES string of the molecule is COc1ccc(CN(C)C[C@@H]2Oc3ccc(NC(=O)C4CCCCC4)cc3C(=O)N([C@@H](C)CO)C[C@H]2C)cc1. The van der Waals surface area contributed by atoms with Crippen molar-refractivity contribution in [3.8, 4) is 11.5 Å². The van der Waals surface area contributed by atoms with E-state index in [1.165, 1.54) is 12.0 Å². The lowest BCUT2D eigenvalue weighted by molar-refractivity contribution is -0.120. The average Bonchev–Trinajstić information content (AvgIpc) is 2.95. The number of ether oxygens (including phenoxy) is 2. The van der Waals surface area contributed by atoms with Crippen molar-refractivity contribution in [2.45, 2.75) is 64.6 Å². The highest BCUT2D eigenvalue weighted by Crippen LogP contribution is 2.32. The summed E-state index contributed by atoms with van der Waals surface area (Å²) in [6.07, 6.45) is 4.97. The number of fused-ring (bicyclic) bond motifs is 1. The van der Waals surface area contributed by atoms with E-state index in [1.54, 1.807) is 24.1 Å². The number of aliphatic hydroxyl groups is 1. The third-order valence-electron chi connectivity index (χ3n) is 8.01. The van der Waals surface area contributed by atoms with Crippen LogP contribution < -0.4 is 14.8 Å². The minimum absolute atomic E-state index is 0.0149. The first-order valence-corrected chi connectivity index (χ1v) is 14.1. The molecule has 1 aliphatic carbocycles. The van der Waals surface area contributed by atoms with Crippen molar-refractivity contribution in [3.63, 3.8) is 0 Å². The summed E-state index contributed by atoms with van der Waals surface area (Å²) >= 11 is 0. The molecule has 39 heavy (non-hydrogen) atoms. The lowest BCUT2D eigenvalue weighted by Gasteiger charge is -2.38. The number of nitrogens with zero attached hydrogens (tertiary/aromatic N) is 2. The number of hydrogen-bond donors (Lipinski definition) is 2. The minimum Gasteiger partial charge on any atom is -0.497 e. The molecule has 1 aliphatic heterocycles. The van der Waals surface area contributed by atoms with Gasteiger partial charge in [0.05, 0.1) is 25.3 Å². The molecule has 1 heterocycles. The van der Waals surface area contributed by atoms with Crippen molar-refractivity contribution in [1.82, 2.24) is 9.80 Å². The Morgan fingerprint density at radius 2 is 1.90 bits per heavy atom. The molecule has 0 radical (unpaired) electrons. The number of amides is 2. The molecule has 8 heteroatoms. The van der Waals surface area contributed by atoms with Crippen LogP contribution in [0.5, 0.6) is 11.5 Å². The number of anilines is 1. The quantitative estimate of drug-likeness (QED) is 0.487. The van der Waals surface area contributed by atoms with E-state index in [9.17, 15) is 14.7 Å². The van der Waals surface area contributed by atoms with Crippen LogP contribution in [0.4, 0.5) is 5.69 Å². The normalized spacial score (nSPS) is 21.0. The van der Waals surface area contributed by atoms with Crippen molar-refractivity contribution in [1.29, 1.82) is 0 Å². The van der Waals surface area contributed by atoms with Gasteiger partial charge in [0, 0.05) is 37.2 Å². The van der Waals surface area contributed by atoms with Gasteiger partial charge in [-0.05, 0) is 62.7 Å². The van der Waals surface area contributed by atoms with E-state index in [-0.39, 0.29) is 42.4 Å². The maximum atomic E-state index is 13.7. The molecule has 0 aromatic heterocycles. The molecule has 0 spiro atoms. The number of nitrogens with one attached hydrogen (secondary N) is 1.